The van der Waals surface area contributed by atoms with E-state index in [2.05, 4.69) is 22.5 Å². The van der Waals surface area contributed by atoms with Gasteiger partial charge in [-0.1, -0.05) is 13.3 Å². The van der Waals surface area contributed by atoms with Crippen LogP contribution in [0.15, 0.2) is 0 Å². The second kappa shape index (κ2) is 10.2. The maximum Gasteiger partial charge on any atom is 0.305 e. The van der Waals surface area contributed by atoms with Crippen molar-refractivity contribution in [1.82, 2.24) is 15.5 Å². The van der Waals surface area contributed by atoms with Crippen molar-refractivity contribution >= 4 is 17.8 Å². The van der Waals surface area contributed by atoms with Gasteiger partial charge in [-0.3, -0.25) is 19.3 Å². The maximum absolute atomic E-state index is 12.1. The zero-order valence-corrected chi connectivity index (χ0v) is 13.3. The summed E-state index contributed by atoms with van der Waals surface area (Å²) in [6.07, 6.45) is 4.20. The molecule has 0 radical (unpaired) electrons. The van der Waals surface area contributed by atoms with E-state index < -0.39 is 5.97 Å². The molecule has 1 aliphatic heterocycles. The van der Waals surface area contributed by atoms with Crippen LogP contribution < -0.4 is 10.6 Å². The molecule has 0 unspecified atom stereocenters. The van der Waals surface area contributed by atoms with Crippen molar-refractivity contribution < 1.29 is 19.5 Å². The fourth-order valence-electron chi connectivity index (χ4n) is 2.57. The number of nitrogens with zero attached hydrogens (tertiary/aromatic N) is 1. The molecule has 7 heteroatoms. The average Bonchev–Trinajstić information content (AvgIpc) is 2.93. The third-order valence-electron chi connectivity index (χ3n) is 3.78. The van der Waals surface area contributed by atoms with E-state index in [1.54, 1.807) is 0 Å². The van der Waals surface area contributed by atoms with Crippen molar-refractivity contribution in [3.63, 3.8) is 0 Å². The van der Waals surface area contributed by atoms with Crippen molar-refractivity contribution in [2.75, 3.05) is 26.2 Å². The highest BCUT2D eigenvalue weighted by Gasteiger charge is 2.29. The molecule has 1 aliphatic rings. The van der Waals surface area contributed by atoms with Crippen LogP contribution in [0.3, 0.4) is 0 Å². The Balaban J connectivity index is 2.19. The summed E-state index contributed by atoms with van der Waals surface area (Å²) >= 11 is 0. The van der Waals surface area contributed by atoms with Crippen LogP contribution in [0.25, 0.3) is 0 Å². The number of unbranched alkanes of at least 4 members (excludes halogenated alkanes) is 1. The summed E-state index contributed by atoms with van der Waals surface area (Å²) in [5, 5.41) is 13.8. The highest BCUT2D eigenvalue weighted by Crippen LogP contribution is 2.17. The molecule has 126 valence electrons. The Hall–Kier alpha value is -1.63. The first-order chi connectivity index (χ1) is 10.5. The van der Waals surface area contributed by atoms with Crippen LogP contribution in [0.2, 0.25) is 0 Å². The number of nitrogens with one attached hydrogen (secondary N) is 2. The maximum atomic E-state index is 12.1. The van der Waals surface area contributed by atoms with Crippen LogP contribution in [0, 0.1) is 0 Å². The summed E-state index contributed by atoms with van der Waals surface area (Å²) in [4.78, 5) is 36.1. The Bertz CT molecular complexity index is 387. The molecule has 1 fully saturated rings. The van der Waals surface area contributed by atoms with Gasteiger partial charge in [0.25, 0.3) is 0 Å². The van der Waals surface area contributed by atoms with Gasteiger partial charge in [-0.15, -0.1) is 0 Å². The standard InChI is InChI=1S/C15H27N3O4/c1-2-3-10-18-11-4-5-12(18)15(22)17-8-6-13(19)16-9-7-14(20)21/h12H,2-11H2,1H3,(H,16,19)(H,17,22)(H,20,21)/t12-/m0/s1. The van der Waals surface area contributed by atoms with Gasteiger partial charge in [0.05, 0.1) is 12.5 Å². The van der Waals surface area contributed by atoms with Crippen molar-refractivity contribution in [2.45, 2.75) is 51.5 Å². The Morgan fingerprint density at radius 1 is 1.18 bits per heavy atom. The van der Waals surface area contributed by atoms with E-state index >= 15 is 0 Å². The minimum atomic E-state index is -0.943. The predicted molar refractivity (Wildman–Crippen MR) is 82.4 cm³/mol. The van der Waals surface area contributed by atoms with Gasteiger partial charge in [0.2, 0.25) is 11.8 Å². The molecular formula is C15H27N3O4. The van der Waals surface area contributed by atoms with E-state index in [4.69, 9.17) is 5.11 Å². The summed E-state index contributed by atoms with van der Waals surface area (Å²) in [6.45, 7) is 4.46. The molecule has 2 amide bonds. The molecule has 0 aromatic rings. The molecule has 0 bridgehead atoms. The van der Waals surface area contributed by atoms with Crippen LogP contribution in [0.1, 0.15) is 45.4 Å². The van der Waals surface area contributed by atoms with Crippen LogP contribution in [-0.4, -0.2) is 60.0 Å². The minimum absolute atomic E-state index is 0.00746. The van der Waals surface area contributed by atoms with Crippen molar-refractivity contribution in [3.05, 3.63) is 0 Å². The number of carbonyl (C=O) groups excluding carboxylic acids is 2. The first kappa shape index (κ1) is 18.4. The highest BCUT2D eigenvalue weighted by atomic mass is 16.4. The number of carboxylic acid groups (broad SMARTS) is 1. The average molecular weight is 313 g/mol. The molecule has 0 aliphatic carbocycles. The summed E-state index contributed by atoms with van der Waals surface area (Å²) in [5.74, 6) is -1.19. The number of hydrogen-bond donors (Lipinski definition) is 3. The zero-order chi connectivity index (χ0) is 16.4. The molecule has 1 saturated heterocycles. The number of amides is 2. The first-order valence-electron chi connectivity index (χ1n) is 8.04. The molecule has 0 aromatic carbocycles. The van der Waals surface area contributed by atoms with Gasteiger partial charge in [0, 0.05) is 19.5 Å². The topological polar surface area (TPSA) is 98.7 Å². The highest BCUT2D eigenvalue weighted by molar-refractivity contribution is 5.83. The largest absolute Gasteiger partial charge is 0.481 e. The van der Waals surface area contributed by atoms with E-state index in [9.17, 15) is 14.4 Å². The quantitative estimate of drug-likeness (QED) is 0.540. The lowest BCUT2D eigenvalue weighted by molar-refractivity contribution is -0.137. The van der Waals surface area contributed by atoms with E-state index in [0.29, 0.717) is 0 Å². The Morgan fingerprint density at radius 2 is 1.91 bits per heavy atom. The van der Waals surface area contributed by atoms with Gasteiger partial charge >= 0.3 is 5.97 Å². The lowest BCUT2D eigenvalue weighted by atomic mass is 10.2. The summed E-state index contributed by atoms with van der Waals surface area (Å²) in [7, 11) is 0. The van der Waals surface area contributed by atoms with E-state index in [1.165, 1.54) is 0 Å². The van der Waals surface area contributed by atoms with Crippen LogP contribution in [0.5, 0.6) is 0 Å². The van der Waals surface area contributed by atoms with Crippen molar-refractivity contribution in [2.24, 2.45) is 0 Å². The molecule has 3 N–H and O–H groups in total. The van der Waals surface area contributed by atoms with Gasteiger partial charge in [-0.05, 0) is 32.4 Å². The summed E-state index contributed by atoms with van der Waals surface area (Å²) in [6, 6.07) is -0.0679. The zero-order valence-electron chi connectivity index (χ0n) is 13.3. The third-order valence-corrected chi connectivity index (χ3v) is 3.78. The summed E-state index contributed by atoms with van der Waals surface area (Å²) in [5.41, 5.74) is 0. The number of carboxylic acids is 1. The Kier molecular flexibility index (Phi) is 8.50. The lowest BCUT2D eigenvalue weighted by Gasteiger charge is -2.23. The molecule has 0 aromatic heterocycles. The lowest BCUT2D eigenvalue weighted by Crippen LogP contribution is -2.44. The van der Waals surface area contributed by atoms with Crippen LogP contribution in [0.4, 0.5) is 0 Å². The fourth-order valence-corrected chi connectivity index (χ4v) is 2.57. The molecule has 1 heterocycles. The van der Waals surface area contributed by atoms with Gasteiger partial charge in [0.15, 0.2) is 0 Å². The molecule has 1 atom stereocenters. The second-order valence-electron chi connectivity index (χ2n) is 5.58. The molecule has 1 rings (SSSR count). The minimum Gasteiger partial charge on any atom is -0.481 e. The van der Waals surface area contributed by atoms with Gasteiger partial charge < -0.3 is 15.7 Å². The molecule has 7 nitrogen and oxygen atoms in total. The number of aliphatic carboxylic acids is 1. The normalized spacial score (nSPS) is 18.1. The number of likely N-dealkylation sites (tertiary alicyclic amines) is 1. The van der Waals surface area contributed by atoms with Crippen molar-refractivity contribution in [3.8, 4) is 0 Å². The predicted octanol–water partition coefficient (Wildman–Crippen LogP) is 0.348. The van der Waals surface area contributed by atoms with Crippen LogP contribution in [-0.2, 0) is 14.4 Å². The van der Waals surface area contributed by atoms with Gasteiger partial charge in [-0.2, -0.15) is 0 Å². The third kappa shape index (κ3) is 6.89. The Labute approximate surface area is 131 Å². The SMILES string of the molecule is CCCCN1CCC[C@H]1C(=O)NCCC(=O)NCCC(=O)O. The van der Waals surface area contributed by atoms with E-state index in [0.717, 1.165) is 38.8 Å². The van der Waals surface area contributed by atoms with Gasteiger partial charge in [0.1, 0.15) is 0 Å². The Morgan fingerprint density at radius 3 is 2.59 bits per heavy atom. The fraction of sp³-hybridized carbons (Fsp3) is 0.800. The first-order valence-corrected chi connectivity index (χ1v) is 8.04. The van der Waals surface area contributed by atoms with E-state index in [1.807, 2.05) is 0 Å². The molecule has 0 spiro atoms. The van der Waals surface area contributed by atoms with Crippen LogP contribution >= 0.6 is 0 Å². The van der Waals surface area contributed by atoms with Gasteiger partial charge in [-0.25, -0.2) is 0 Å². The monoisotopic (exact) mass is 313 g/mol. The van der Waals surface area contributed by atoms with Crippen molar-refractivity contribution in [1.29, 1.82) is 0 Å². The smallest absolute Gasteiger partial charge is 0.305 e. The van der Waals surface area contributed by atoms with E-state index in [-0.39, 0.29) is 43.8 Å². The second-order valence-corrected chi connectivity index (χ2v) is 5.58. The summed E-state index contributed by atoms with van der Waals surface area (Å²) < 4.78 is 0. The molecule has 0 saturated carbocycles. The number of rotatable bonds is 10. The number of carbonyl (C=O) groups is 3. The molecule has 22 heavy (non-hydrogen) atoms. The number of hydrogen-bond acceptors (Lipinski definition) is 4. The molecular weight excluding hydrogens is 286 g/mol.